The minimum atomic E-state index is -0.258. The molecule has 0 radical (unpaired) electrons. The maximum absolute atomic E-state index is 12.6. The topological polar surface area (TPSA) is 46.6 Å². The van der Waals surface area contributed by atoms with Gasteiger partial charge in [-0.3, -0.25) is 14.5 Å². The highest BCUT2D eigenvalue weighted by molar-refractivity contribution is 8.03. The molecule has 0 aliphatic carbocycles. The number of imide groups is 1. The Hall–Kier alpha value is -2.53. The van der Waals surface area contributed by atoms with E-state index in [1.165, 1.54) is 23.7 Å². The van der Waals surface area contributed by atoms with Gasteiger partial charge in [0.15, 0.2) is 0 Å². The number of carbonyl (C=O) groups is 2. The molecule has 4 nitrogen and oxygen atoms in total. The molecule has 0 unspecified atom stereocenters. The number of benzene rings is 2. The molecule has 140 valence electrons. The largest absolute Gasteiger partial charge is 0.493 e. The van der Waals surface area contributed by atoms with Crippen LogP contribution in [0.25, 0.3) is 5.57 Å². The van der Waals surface area contributed by atoms with Gasteiger partial charge in [-0.05, 0) is 29.2 Å². The van der Waals surface area contributed by atoms with Gasteiger partial charge in [-0.1, -0.05) is 56.3 Å². The van der Waals surface area contributed by atoms with Crippen molar-refractivity contribution in [3.8, 4) is 5.75 Å². The van der Waals surface area contributed by atoms with E-state index in [0.717, 1.165) is 16.9 Å². The molecule has 2 amide bonds. The average Bonchev–Trinajstić information content (AvgIpc) is 2.89. The summed E-state index contributed by atoms with van der Waals surface area (Å²) in [5.41, 5.74) is 2.32. The second-order valence-electron chi connectivity index (χ2n) is 6.88. The molecule has 2 aromatic rings. The fourth-order valence-electron chi connectivity index (χ4n) is 2.72. The van der Waals surface area contributed by atoms with E-state index >= 15 is 0 Å². The zero-order valence-electron chi connectivity index (χ0n) is 15.8. The molecule has 1 aliphatic heterocycles. The summed E-state index contributed by atoms with van der Waals surface area (Å²) in [7, 11) is 1.53. The fraction of sp³-hybridized carbons (Fsp3) is 0.273. The summed E-state index contributed by atoms with van der Waals surface area (Å²) >= 11 is 1.41. The molecule has 5 heteroatoms. The Labute approximate surface area is 164 Å². The highest BCUT2D eigenvalue weighted by atomic mass is 32.2. The number of ether oxygens (including phenoxy) is 1. The lowest BCUT2D eigenvalue weighted by molar-refractivity contribution is -0.134. The van der Waals surface area contributed by atoms with Crippen LogP contribution in [0, 0.1) is 5.92 Å². The van der Waals surface area contributed by atoms with Crippen molar-refractivity contribution in [2.45, 2.75) is 19.6 Å². The lowest BCUT2D eigenvalue weighted by Crippen LogP contribution is -2.26. The Kier molecular flexibility index (Phi) is 6.01. The van der Waals surface area contributed by atoms with Crippen molar-refractivity contribution in [3.63, 3.8) is 0 Å². The van der Waals surface area contributed by atoms with Crippen LogP contribution in [0.1, 0.15) is 25.0 Å². The summed E-state index contributed by atoms with van der Waals surface area (Å²) in [6, 6.07) is 17.3. The zero-order valence-corrected chi connectivity index (χ0v) is 16.6. The first kappa shape index (κ1) is 19.2. The van der Waals surface area contributed by atoms with Crippen LogP contribution in [0.5, 0.6) is 5.75 Å². The van der Waals surface area contributed by atoms with Gasteiger partial charge in [0.25, 0.3) is 11.8 Å². The standard InChI is InChI=1S/C22H23NO3S/c1-15(2)13-26-18-11-9-17(10-12-18)19-20(22(25)23(3)21(19)24)27-14-16-7-5-4-6-8-16/h4-12,15H,13-14H2,1-3H3. The Balaban J connectivity index is 1.85. The van der Waals surface area contributed by atoms with Crippen LogP contribution in [0.15, 0.2) is 59.5 Å². The summed E-state index contributed by atoms with van der Waals surface area (Å²) in [5, 5.41) is 0. The predicted molar refractivity (Wildman–Crippen MR) is 109 cm³/mol. The van der Waals surface area contributed by atoms with E-state index in [0.29, 0.717) is 28.8 Å². The van der Waals surface area contributed by atoms with Gasteiger partial charge in [-0.15, -0.1) is 11.8 Å². The molecule has 0 saturated heterocycles. The third-order valence-corrected chi connectivity index (χ3v) is 5.34. The molecule has 0 saturated carbocycles. The van der Waals surface area contributed by atoms with Crippen molar-refractivity contribution in [2.75, 3.05) is 13.7 Å². The first-order valence-electron chi connectivity index (χ1n) is 8.94. The number of likely N-dealkylation sites (N-methyl/N-ethyl adjacent to an activating group) is 1. The van der Waals surface area contributed by atoms with E-state index in [1.807, 2.05) is 54.6 Å². The van der Waals surface area contributed by atoms with Gasteiger partial charge in [0.2, 0.25) is 0 Å². The van der Waals surface area contributed by atoms with Crippen molar-refractivity contribution < 1.29 is 14.3 Å². The Bertz CT molecular complexity index is 857. The van der Waals surface area contributed by atoms with Crippen molar-refractivity contribution in [1.29, 1.82) is 0 Å². The maximum Gasteiger partial charge on any atom is 0.267 e. The molecule has 0 bridgehead atoms. The van der Waals surface area contributed by atoms with Gasteiger partial charge >= 0.3 is 0 Å². The number of hydrogen-bond donors (Lipinski definition) is 0. The molecule has 27 heavy (non-hydrogen) atoms. The van der Waals surface area contributed by atoms with Crippen molar-refractivity contribution >= 4 is 29.1 Å². The highest BCUT2D eigenvalue weighted by Crippen LogP contribution is 2.37. The summed E-state index contributed by atoms with van der Waals surface area (Å²) in [6.07, 6.45) is 0. The van der Waals surface area contributed by atoms with Crippen LogP contribution < -0.4 is 4.74 Å². The highest BCUT2D eigenvalue weighted by Gasteiger charge is 2.36. The second-order valence-corrected chi connectivity index (χ2v) is 7.86. The number of rotatable bonds is 7. The molecular formula is C22H23NO3S. The third kappa shape index (κ3) is 4.42. The number of hydrogen-bond acceptors (Lipinski definition) is 4. The van der Waals surface area contributed by atoms with Crippen LogP contribution in [0.4, 0.5) is 0 Å². The maximum atomic E-state index is 12.6. The van der Waals surface area contributed by atoms with Gasteiger partial charge in [0, 0.05) is 12.8 Å². The SMILES string of the molecule is CC(C)COc1ccc(C2=C(SCc3ccccc3)C(=O)N(C)C2=O)cc1. The molecule has 1 heterocycles. The summed E-state index contributed by atoms with van der Waals surface area (Å²) in [6.45, 7) is 4.82. The van der Waals surface area contributed by atoms with Crippen LogP contribution in [-0.4, -0.2) is 30.4 Å². The minimum Gasteiger partial charge on any atom is -0.493 e. The van der Waals surface area contributed by atoms with E-state index < -0.39 is 0 Å². The first-order valence-corrected chi connectivity index (χ1v) is 9.92. The summed E-state index contributed by atoms with van der Waals surface area (Å²) < 4.78 is 5.70. The monoisotopic (exact) mass is 381 g/mol. The molecule has 0 aromatic heterocycles. The second kappa shape index (κ2) is 8.44. The number of nitrogens with zero attached hydrogens (tertiary/aromatic N) is 1. The van der Waals surface area contributed by atoms with Gasteiger partial charge < -0.3 is 4.74 Å². The number of thioether (sulfide) groups is 1. The van der Waals surface area contributed by atoms with Gasteiger partial charge in [0.05, 0.1) is 17.1 Å². The van der Waals surface area contributed by atoms with Gasteiger partial charge in [-0.2, -0.15) is 0 Å². The van der Waals surface area contributed by atoms with Crippen molar-refractivity contribution in [3.05, 3.63) is 70.6 Å². The molecule has 0 atom stereocenters. The molecule has 0 N–H and O–H groups in total. The lowest BCUT2D eigenvalue weighted by atomic mass is 10.1. The van der Waals surface area contributed by atoms with Crippen LogP contribution in [-0.2, 0) is 15.3 Å². The van der Waals surface area contributed by atoms with Crippen LogP contribution in [0.3, 0.4) is 0 Å². The van der Waals surface area contributed by atoms with Crippen molar-refractivity contribution in [1.82, 2.24) is 4.90 Å². The zero-order chi connectivity index (χ0) is 19.4. The molecule has 3 rings (SSSR count). The van der Waals surface area contributed by atoms with Crippen molar-refractivity contribution in [2.24, 2.45) is 5.92 Å². The van der Waals surface area contributed by atoms with Gasteiger partial charge in [-0.25, -0.2) is 0 Å². The van der Waals surface area contributed by atoms with E-state index in [2.05, 4.69) is 13.8 Å². The smallest absolute Gasteiger partial charge is 0.267 e. The molecule has 2 aromatic carbocycles. The number of carbonyl (C=O) groups excluding carboxylic acids is 2. The van der Waals surface area contributed by atoms with Gasteiger partial charge in [0.1, 0.15) is 5.75 Å². The summed E-state index contributed by atoms with van der Waals surface area (Å²) in [5.74, 6) is 1.34. The van der Waals surface area contributed by atoms with E-state index in [4.69, 9.17) is 4.74 Å². The normalized spacial score (nSPS) is 14.4. The Morgan fingerprint density at radius 3 is 2.26 bits per heavy atom. The fourth-order valence-corrected chi connectivity index (χ4v) is 3.83. The summed E-state index contributed by atoms with van der Waals surface area (Å²) in [4.78, 5) is 26.9. The van der Waals surface area contributed by atoms with E-state index in [9.17, 15) is 9.59 Å². The lowest BCUT2D eigenvalue weighted by Gasteiger charge is -2.10. The Morgan fingerprint density at radius 2 is 1.63 bits per heavy atom. The third-order valence-electron chi connectivity index (χ3n) is 4.20. The predicted octanol–water partition coefficient (Wildman–Crippen LogP) is 4.36. The van der Waals surface area contributed by atoms with Crippen LogP contribution in [0.2, 0.25) is 0 Å². The first-order chi connectivity index (χ1) is 13.0. The van der Waals surface area contributed by atoms with Crippen LogP contribution >= 0.6 is 11.8 Å². The number of amides is 2. The Morgan fingerprint density at radius 1 is 0.963 bits per heavy atom. The van der Waals surface area contributed by atoms with E-state index in [-0.39, 0.29) is 11.8 Å². The average molecular weight is 381 g/mol. The quantitative estimate of drug-likeness (QED) is 0.669. The molecule has 0 fully saturated rings. The molecule has 1 aliphatic rings. The van der Waals surface area contributed by atoms with E-state index in [1.54, 1.807) is 0 Å². The minimum absolute atomic E-state index is 0.240. The molecule has 0 spiro atoms. The molecular weight excluding hydrogens is 358 g/mol.